The third-order valence-electron chi connectivity index (χ3n) is 4.92. The van der Waals surface area contributed by atoms with Gasteiger partial charge in [0.1, 0.15) is 0 Å². The van der Waals surface area contributed by atoms with Crippen LogP contribution in [0.2, 0.25) is 0 Å². The molecule has 0 amide bonds. The minimum atomic E-state index is -3.30. The molecule has 0 heterocycles. The molecule has 0 bridgehead atoms. The Balaban J connectivity index is 1.93. The molecule has 2 rings (SSSR count). The molecule has 1 saturated carbocycles. The third kappa shape index (κ3) is 8.19. The van der Waals surface area contributed by atoms with E-state index in [4.69, 9.17) is 4.99 Å². The summed E-state index contributed by atoms with van der Waals surface area (Å²) < 4.78 is 26.7. The van der Waals surface area contributed by atoms with E-state index in [-0.39, 0.29) is 11.8 Å². The summed E-state index contributed by atoms with van der Waals surface area (Å²) in [5.41, 5.74) is 1.84. The van der Waals surface area contributed by atoms with Gasteiger partial charge in [-0.1, -0.05) is 31.2 Å². The zero-order chi connectivity index (χ0) is 20.6. The van der Waals surface area contributed by atoms with Crippen LogP contribution in [0.25, 0.3) is 0 Å². The fraction of sp³-hybridized carbons (Fsp3) is 0.667. The number of aliphatic imine (C=N–C) groups is 1. The molecule has 0 aromatic heterocycles. The number of nitrogens with zero attached hydrogens (tertiary/aromatic N) is 1. The van der Waals surface area contributed by atoms with Gasteiger partial charge in [-0.3, -0.25) is 0 Å². The van der Waals surface area contributed by atoms with Crippen LogP contribution in [0.1, 0.15) is 64.5 Å². The van der Waals surface area contributed by atoms with Gasteiger partial charge in [-0.15, -0.1) is 0 Å². The number of hydrogen-bond acceptors (Lipinski definition) is 3. The van der Waals surface area contributed by atoms with Crippen molar-refractivity contribution in [1.82, 2.24) is 15.4 Å². The van der Waals surface area contributed by atoms with Crippen LogP contribution < -0.4 is 15.4 Å². The van der Waals surface area contributed by atoms with E-state index in [1.54, 1.807) is 0 Å². The Labute approximate surface area is 170 Å². The van der Waals surface area contributed by atoms with Gasteiger partial charge in [0.05, 0.1) is 12.3 Å². The van der Waals surface area contributed by atoms with Gasteiger partial charge in [-0.25, -0.2) is 18.1 Å². The average Bonchev–Trinajstić information content (AvgIpc) is 2.61. The molecule has 1 aromatic carbocycles. The maximum atomic E-state index is 12.0. The van der Waals surface area contributed by atoms with E-state index in [2.05, 4.69) is 29.2 Å². The Bertz CT molecular complexity index is 721. The summed E-state index contributed by atoms with van der Waals surface area (Å²) in [5, 5.41) is 6.88. The standard InChI is InChI=1S/C21H36N4O2S/c1-5-22-21(24-20-12-6-17(4)7-13-20)23-14-18-8-10-19(11-9-18)15-28(26,27)25-16(2)3/h8-11,16-17,20,25H,5-7,12-15H2,1-4H3,(H2,22,23,24). The summed E-state index contributed by atoms with van der Waals surface area (Å²) in [6, 6.07) is 8.05. The largest absolute Gasteiger partial charge is 0.357 e. The highest BCUT2D eigenvalue weighted by molar-refractivity contribution is 7.88. The van der Waals surface area contributed by atoms with Crippen molar-refractivity contribution in [3.63, 3.8) is 0 Å². The van der Waals surface area contributed by atoms with Crippen molar-refractivity contribution in [1.29, 1.82) is 0 Å². The third-order valence-corrected chi connectivity index (χ3v) is 6.46. The minimum absolute atomic E-state index is 0.000966. The second-order valence-electron chi connectivity index (χ2n) is 8.14. The normalized spacial score (nSPS) is 21.0. The lowest BCUT2D eigenvalue weighted by Gasteiger charge is -2.28. The number of nitrogens with one attached hydrogen (secondary N) is 3. The van der Waals surface area contributed by atoms with Crippen molar-refractivity contribution in [2.24, 2.45) is 10.9 Å². The zero-order valence-electron chi connectivity index (χ0n) is 17.7. The van der Waals surface area contributed by atoms with Gasteiger partial charge in [-0.2, -0.15) is 0 Å². The lowest BCUT2D eigenvalue weighted by Crippen LogP contribution is -2.44. The maximum absolute atomic E-state index is 12.0. The quantitative estimate of drug-likeness (QED) is 0.456. The highest BCUT2D eigenvalue weighted by Gasteiger charge is 2.18. The summed E-state index contributed by atoms with van der Waals surface area (Å²) in [7, 11) is -3.30. The summed E-state index contributed by atoms with van der Waals surface area (Å²) >= 11 is 0. The van der Waals surface area contributed by atoms with E-state index in [9.17, 15) is 8.42 Å². The van der Waals surface area contributed by atoms with Gasteiger partial charge < -0.3 is 10.6 Å². The lowest BCUT2D eigenvalue weighted by molar-refractivity contribution is 0.329. The average molecular weight is 409 g/mol. The molecule has 1 aliphatic rings. The van der Waals surface area contributed by atoms with Gasteiger partial charge in [0.25, 0.3) is 0 Å². The molecule has 7 heteroatoms. The van der Waals surface area contributed by atoms with Crippen LogP contribution in [0.3, 0.4) is 0 Å². The number of benzene rings is 1. The van der Waals surface area contributed by atoms with Crippen molar-refractivity contribution < 1.29 is 8.42 Å². The summed E-state index contributed by atoms with van der Waals surface area (Å²) in [6.45, 7) is 9.43. The second kappa shape index (κ2) is 10.8. The Morgan fingerprint density at radius 2 is 1.71 bits per heavy atom. The van der Waals surface area contributed by atoms with Crippen molar-refractivity contribution >= 4 is 16.0 Å². The first-order valence-corrected chi connectivity index (χ1v) is 12.0. The summed E-state index contributed by atoms with van der Waals surface area (Å²) in [4.78, 5) is 4.70. The molecule has 0 aliphatic heterocycles. The minimum Gasteiger partial charge on any atom is -0.357 e. The van der Waals surface area contributed by atoms with Gasteiger partial charge in [0.15, 0.2) is 5.96 Å². The highest BCUT2D eigenvalue weighted by Crippen LogP contribution is 2.23. The molecule has 158 valence electrons. The topological polar surface area (TPSA) is 82.6 Å². The molecule has 0 atom stereocenters. The zero-order valence-corrected chi connectivity index (χ0v) is 18.5. The first-order valence-electron chi connectivity index (χ1n) is 10.4. The summed E-state index contributed by atoms with van der Waals surface area (Å²) in [5.74, 6) is 1.68. The van der Waals surface area contributed by atoms with Gasteiger partial charge in [-0.05, 0) is 63.5 Å². The van der Waals surface area contributed by atoms with Crippen molar-refractivity contribution in [3.8, 4) is 0 Å². The molecule has 1 fully saturated rings. The Morgan fingerprint density at radius 1 is 1.11 bits per heavy atom. The van der Waals surface area contributed by atoms with Gasteiger partial charge >= 0.3 is 0 Å². The number of guanidine groups is 1. The van der Waals surface area contributed by atoms with Crippen LogP contribution in [0, 0.1) is 5.92 Å². The van der Waals surface area contributed by atoms with Crippen LogP contribution in [0.15, 0.2) is 29.3 Å². The lowest BCUT2D eigenvalue weighted by atomic mass is 9.87. The van der Waals surface area contributed by atoms with E-state index < -0.39 is 10.0 Å². The molecule has 0 saturated heterocycles. The van der Waals surface area contributed by atoms with Crippen molar-refractivity contribution in [2.45, 2.75) is 77.8 Å². The van der Waals surface area contributed by atoms with Crippen molar-refractivity contribution in [3.05, 3.63) is 35.4 Å². The van der Waals surface area contributed by atoms with E-state index in [1.807, 2.05) is 38.1 Å². The monoisotopic (exact) mass is 408 g/mol. The van der Waals surface area contributed by atoms with Crippen LogP contribution in [0.4, 0.5) is 0 Å². The maximum Gasteiger partial charge on any atom is 0.216 e. The first-order chi connectivity index (χ1) is 13.3. The molecular weight excluding hydrogens is 372 g/mol. The molecule has 0 spiro atoms. The van der Waals surface area contributed by atoms with Crippen LogP contribution >= 0.6 is 0 Å². The fourth-order valence-corrected chi connectivity index (χ4v) is 4.88. The predicted molar refractivity (Wildman–Crippen MR) is 117 cm³/mol. The van der Waals surface area contributed by atoms with E-state index in [0.29, 0.717) is 12.6 Å². The molecule has 1 aromatic rings. The van der Waals surface area contributed by atoms with E-state index in [0.717, 1.165) is 29.5 Å². The van der Waals surface area contributed by atoms with E-state index >= 15 is 0 Å². The Morgan fingerprint density at radius 3 is 2.29 bits per heavy atom. The van der Waals surface area contributed by atoms with Crippen LogP contribution in [-0.4, -0.2) is 33.0 Å². The van der Waals surface area contributed by atoms with E-state index in [1.165, 1.54) is 25.7 Å². The first kappa shape index (κ1) is 22.7. The smallest absolute Gasteiger partial charge is 0.216 e. The number of sulfonamides is 1. The van der Waals surface area contributed by atoms with Gasteiger partial charge in [0, 0.05) is 18.6 Å². The Kier molecular flexibility index (Phi) is 8.76. The Hall–Kier alpha value is -1.60. The second-order valence-corrected chi connectivity index (χ2v) is 9.90. The fourth-order valence-electron chi connectivity index (χ4n) is 3.45. The molecule has 6 nitrogen and oxygen atoms in total. The van der Waals surface area contributed by atoms with Crippen LogP contribution in [-0.2, 0) is 22.3 Å². The SMILES string of the molecule is CCNC(=NCc1ccc(CS(=O)(=O)NC(C)C)cc1)NC1CCC(C)CC1. The molecule has 0 unspecified atom stereocenters. The molecule has 3 N–H and O–H groups in total. The molecular formula is C21H36N4O2S. The number of rotatable bonds is 8. The highest BCUT2D eigenvalue weighted by atomic mass is 32.2. The van der Waals surface area contributed by atoms with Crippen LogP contribution in [0.5, 0.6) is 0 Å². The number of hydrogen-bond donors (Lipinski definition) is 3. The summed E-state index contributed by atoms with van der Waals surface area (Å²) in [6.07, 6.45) is 4.93. The van der Waals surface area contributed by atoms with Crippen molar-refractivity contribution in [2.75, 3.05) is 6.54 Å². The molecule has 0 radical (unpaired) electrons. The predicted octanol–water partition coefficient (Wildman–Crippen LogP) is 3.15. The van der Waals surface area contributed by atoms with Gasteiger partial charge in [0.2, 0.25) is 10.0 Å². The molecule has 1 aliphatic carbocycles. The molecule has 28 heavy (non-hydrogen) atoms.